The molecular formula is C32H42FN3O6. The lowest BCUT2D eigenvalue weighted by molar-refractivity contribution is -0.151. The molecule has 1 aromatic heterocycles. The van der Waals surface area contributed by atoms with Gasteiger partial charge in [0.25, 0.3) is 0 Å². The number of allylic oxidation sites excluding steroid dienone is 1. The Morgan fingerprint density at radius 1 is 1.29 bits per heavy atom. The second-order valence-corrected chi connectivity index (χ2v) is 12.3. The summed E-state index contributed by atoms with van der Waals surface area (Å²) in [7, 11) is 1.29. The molecule has 9 nitrogen and oxygen atoms in total. The maximum absolute atomic E-state index is 14.5. The standard InChI is InChI=1S/C32H42FN3O6/c1-7-8-9-10-11-15-24(35-30(39)42-31(3,4)5)28(37)36-19-32(18-25(36)29(38)40-6)17-16-22-21-13-12-14-23(33)26(21)34-20(2)27(22)41-32/h7,12-14,24-25H,1,8-11,15-19H2,2-6H3,(H,35,39)/t24?,25-,32-/m0/s1. The molecule has 10 heteroatoms. The summed E-state index contributed by atoms with van der Waals surface area (Å²) >= 11 is 0. The van der Waals surface area contributed by atoms with Gasteiger partial charge in [-0.15, -0.1) is 6.58 Å². The zero-order chi connectivity index (χ0) is 30.7. The highest BCUT2D eigenvalue weighted by molar-refractivity contribution is 5.91. The number of rotatable bonds is 9. The van der Waals surface area contributed by atoms with Gasteiger partial charge in [-0.05, 0) is 65.9 Å². The van der Waals surface area contributed by atoms with Gasteiger partial charge in [-0.1, -0.05) is 31.1 Å². The Labute approximate surface area is 246 Å². The van der Waals surface area contributed by atoms with E-state index in [9.17, 15) is 18.8 Å². The minimum atomic E-state index is -0.892. The van der Waals surface area contributed by atoms with E-state index < -0.39 is 41.2 Å². The molecule has 1 aromatic carbocycles. The maximum Gasteiger partial charge on any atom is 0.408 e. The number of methoxy groups -OCH3 is 1. The Kier molecular flexibility index (Phi) is 9.43. The topological polar surface area (TPSA) is 107 Å². The van der Waals surface area contributed by atoms with Crippen LogP contribution in [0.15, 0.2) is 30.9 Å². The molecule has 2 aliphatic rings. The van der Waals surface area contributed by atoms with Crippen LogP contribution in [0.2, 0.25) is 0 Å². The van der Waals surface area contributed by atoms with Crippen LogP contribution in [0.5, 0.6) is 5.75 Å². The smallest absolute Gasteiger partial charge is 0.408 e. The Morgan fingerprint density at radius 3 is 2.74 bits per heavy atom. The van der Waals surface area contributed by atoms with E-state index in [1.807, 2.05) is 12.1 Å². The van der Waals surface area contributed by atoms with Crippen molar-refractivity contribution < 1.29 is 33.0 Å². The third kappa shape index (κ3) is 6.85. The van der Waals surface area contributed by atoms with E-state index in [1.54, 1.807) is 33.8 Å². The number of amides is 2. The number of hydrogen-bond acceptors (Lipinski definition) is 7. The lowest BCUT2D eigenvalue weighted by atomic mass is 9.87. The lowest BCUT2D eigenvalue weighted by Gasteiger charge is -2.36. The highest BCUT2D eigenvalue weighted by Gasteiger charge is 2.53. The fourth-order valence-electron chi connectivity index (χ4n) is 5.94. The lowest BCUT2D eigenvalue weighted by Crippen LogP contribution is -2.53. The van der Waals surface area contributed by atoms with Crippen LogP contribution in [0, 0.1) is 12.7 Å². The van der Waals surface area contributed by atoms with Gasteiger partial charge in [-0.2, -0.15) is 0 Å². The predicted octanol–water partition coefficient (Wildman–Crippen LogP) is 5.55. The van der Waals surface area contributed by atoms with Gasteiger partial charge in [0, 0.05) is 17.4 Å². The summed E-state index contributed by atoms with van der Waals surface area (Å²) < 4.78 is 31.7. The molecule has 4 rings (SSSR count). The third-order valence-electron chi connectivity index (χ3n) is 7.89. The van der Waals surface area contributed by atoms with Crippen molar-refractivity contribution in [2.45, 2.75) is 102 Å². The average molecular weight is 584 g/mol. The number of ether oxygens (including phenoxy) is 3. The molecule has 1 fully saturated rings. The molecule has 1 saturated heterocycles. The number of carbonyl (C=O) groups is 3. The fraction of sp³-hybridized carbons (Fsp3) is 0.562. The summed E-state index contributed by atoms with van der Waals surface area (Å²) in [6.07, 6.45) is 6.19. The number of pyridine rings is 1. The minimum Gasteiger partial charge on any atom is -0.483 e. The maximum atomic E-state index is 14.5. The monoisotopic (exact) mass is 583 g/mol. The van der Waals surface area contributed by atoms with Gasteiger partial charge >= 0.3 is 12.1 Å². The Bertz CT molecular complexity index is 1360. The number of esters is 1. The van der Waals surface area contributed by atoms with Crippen molar-refractivity contribution >= 4 is 28.9 Å². The van der Waals surface area contributed by atoms with Crippen LogP contribution in [-0.4, -0.2) is 64.8 Å². The highest BCUT2D eigenvalue weighted by Crippen LogP contribution is 2.45. The number of hydrogen-bond donors (Lipinski definition) is 1. The van der Waals surface area contributed by atoms with Crippen molar-refractivity contribution in [1.29, 1.82) is 0 Å². The number of nitrogens with one attached hydrogen (secondary N) is 1. The molecule has 0 aliphatic carbocycles. The number of para-hydroxylation sites is 1. The van der Waals surface area contributed by atoms with Gasteiger partial charge in [0.05, 0.1) is 19.3 Å². The van der Waals surface area contributed by atoms with Gasteiger partial charge in [-0.25, -0.2) is 19.0 Å². The second-order valence-electron chi connectivity index (χ2n) is 12.3. The molecule has 1 unspecified atom stereocenters. The van der Waals surface area contributed by atoms with E-state index in [2.05, 4.69) is 16.9 Å². The molecule has 0 radical (unpaired) electrons. The van der Waals surface area contributed by atoms with Crippen LogP contribution in [0.1, 0.15) is 77.0 Å². The Hall–Kier alpha value is -3.69. The largest absolute Gasteiger partial charge is 0.483 e. The number of benzene rings is 1. The summed E-state index contributed by atoms with van der Waals surface area (Å²) in [6.45, 7) is 10.9. The number of likely N-dealkylation sites (tertiary alicyclic amines) is 1. The van der Waals surface area contributed by atoms with Crippen LogP contribution >= 0.6 is 0 Å². The summed E-state index contributed by atoms with van der Waals surface area (Å²) in [5.41, 5.74) is 0.107. The average Bonchev–Trinajstić information content (AvgIpc) is 3.30. The van der Waals surface area contributed by atoms with Gasteiger partial charge in [0.2, 0.25) is 5.91 Å². The predicted molar refractivity (Wildman–Crippen MR) is 157 cm³/mol. The van der Waals surface area contributed by atoms with Crippen LogP contribution in [0.25, 0.3) is 10.9 Å². The van der Waals surface area contributed by atoms with E-state index in [0.29, 0.717) is 48.0 Å². The van der Waals surface area contributed by atoms with Crippen molar-refractivity contribution in [3.05, 3.63) is 47.9 Å². The summed E-state index contributed by atoms with van der Waals surface area (Å²) in [5, 5.41) is 3.44. The first-order chi connectivity index (χ1) is 19.9. The Morgan fingerprint density at radius 2 is 2.05 bits per heavy atom. The summed E-state index contributed by atoms with van der Waals surface area (Å²) in [6, 6.07) is 3.08. The number of nitrogens with zero attached hydrogens (tertiary/aromatic N) is 2. The number of fused-ring (bicyclic) bond motifs is 3. The summed E-state index contributed by atoms with van der Waals surface area (Å²) in [5.74, 6) is -0.772. The molecule has 42 heavy (non-hydrogen) atoms. The number of halogens is 1. The minimum absolute atomic E-state index is 0.134. The molecule has 228 valence electrons. The molecule has 1 N–H and O–H groups in total. The fourth-order valence-corrected chi connectivity index (χ4v) is 5.94. The highest BCUT2D eigenvalue weighted by atomic mass is 19.1. The van der Waals surface area contributed by atoms with E-state index in [1.165, 1.54) is 18.1 Å². The third-order valence-corrected chi connectivity index (χ3v) is 7.89. The molecule has 3 heterocycles. The van der Waals surface area contributed by atoms with Crippen molar-refractivity contribution in [3.63, 3.8) is 0 Å². The van der Waals surface area contributed by atoms with Crippen molar-refractivity contribution in [2.24, 2.45) is 0 Å². The molecule has 1 spiro atoms. The number of alkyl carbamates (subject to hydrolysis) is 1. The van der Waals surface area contributed by atoms with Gasteiger partial charge < -0.3 is 24.4 Å². The van der Waals surface area contributed by atoms with Crippen LogP contribution in [0.3, 0.4) is 0 Å². The SMILES string of the molecule is C=CCCCCCC(NC(=O)OC(C)(C)C)C(=O)N1C[C@]2(CCc3c(c(C)nc4c(F)cccc34)O2)C[C@H]1C(=O)OC. The number of aromatic nitrogens is 1. The quantitative estimate of drug-likeness (QED) is 0.234. The molecule has 0 bridgehead atoms. The van der Waals surface area contributed by atoms with Crippen LogP contribution in [-0.2, 0) is 25.5 Å². The van der Waals surface area contributed by atoms with Crippen LogP contribution < -0.4 is 10.1 Å². The van der Waals surface area contributed by atoms with Gasteiger partial charge in [0.1, 0.15) is 40.4 Å². The number of carbonyl (C=O) groups excluding carboxylic acids is 3. The first-order valence-corrected chi connectivity index (χ1v) is 14.6. The summed E-state index contributed by atoms with van der Waals surface area (Å²) in [4.78, 5) is 45.7. The molecule has 2 amide bonds. The first kappa shape index (κ1) is 31.3. The van der Waals surface area contributed by atoms with E-state index >= 15 is 0 Å². The van der Waals surface area contributed by atoms with Gasteiger partial charge in [-0.3, -0.25) is 4.79 Å². The van der Waals surface area contributed by atoms with Crippen molar-refractivity contribution in [2.75, 3.05) is 13.7 Å². The first-order valence-electron chi connectivity index (χ1n) is 14.6. The zero-order valence-electron chi connectivity index (χ0n) is 25.3. The van der Waals surface area contributed by atoms with E-state index in [4.69, 9.17) is 14.2 Å². The van der Waals surface area contributed by atoms with Crippen LogP contribution in [0.4, 0.5) is 9.18 Å². The number of aryl methyl sites for hydroxylation is 2. The normalized spacial score (nSPS) is 20.5. The molecular weight excluding hydrogens is 541 g/mol. The van der Waals surface area contributed by atoms with E-state index in [-0.39, 0.29) is 18.9 Å². The molecule has 3 atom stereocenters. The molecule has 0 saturated carbocycles. The second kappa shape index (κ2) is 12.7. The van der Waals surface area contributed by atoms with E-state index in [0.717, 1.165) is 24.8 Å². The molecule has 2 aliphatic heterocycles. The molecule has 2 aromatic rings. The zero-order valence-corrected chi connectivity index (χ0v) is 25.3. The van der Waals surface area contributed by atoms with Crippen molar-refractivity contribution in [3.8, 4) is 5.75 Å². The Balaban J connectivity index is 1.61. The van der Waals surface area contributed by atoms with Crippen molar-refractivity contribution in [1.82, 2.24) is 15.2 Å². The van der Waals surface area contributed by atoms with Gasteiger partial charge in [0.15, 0.2) is 0 Å². The number of unbranched alkanes of at least 4 members (excludes halogenated alkanes) is 3.